The fourth-order valence-electron chi connectivity index (χ4n) is 4.56. The summed E-state index contributed by atoms with van der Waals surface area (Å²) in [5.41, 5.74) is 0.801. The lowest BCUT2D eigenvalue weighted by Crippen LogP contribution is -2.18. The summed E-state index contributed by atoms with van der Waals surface area (Å²) in [5, 5.41) is 0. The van der Waals surface area contributed by atoms with E-state index in [0.29, 0.717) is 5.56 Å². The molecule has 1 aromatic rings. The van der Waals surface area contributed by atoms with E-state index in [0.717, 1.165) is 31.6 Å². The summed E-state index contributed by atoms with van der Waals surface area (Å²) in [7, 11) is 0. The van der Waals surface area contributed by atoms with Crippen LogP contribution in [0.15, 0.2) is 23.8 Å². The lowest BCUT2D eigenvalue weighted by Gasteiger charge is -2.31. The van der Waals surface area contributed by atoms with Crippen LogP contribution in [0, 0.1) is 17.6 Å². The van der Waals surface area contributed by atoms with Crippen molar-refractivity contribution in [1.82, 2.24) is 0 Å². The van der Waals surface area contributed by atoms with Gasteiger partial charge in [0, 0.05) is 0 Å². The summed E-state index contributed by atoms with van der Waals surface area (Å²) in [5.74, 6) is -1.09. The topological polar surface area (TPSA) is 0 Å². The van der Waals surface area contributed by atoms with E-state index in [-0.39, 0.29) is 35.8 Å². The highest BCUT2D eigenvalue weighted by atomic mass is 19.3. The molecule has 0 spiro atoms. The predicted octanol–water partition coefficient (Wildman–Crippen LogP) is 7.85. The minimum absolute atomic E-state index is 0.0697. The van der Waals surface area contributed by atoms with Crippen molar-refractivity contribution in [3.63, 3.8) is 0 Å². The molecule has 2 saturated carbocycles. The third kappa shape index (κ3) is 4.15. The average molecular weight is 368 g/mol. The second-order valence-electron chi connectivity index (χ2n) is 8.05. The normalized spacial score (nSPS) is 25.9. The summed E-state index contributed by atoms with van der Waals surface area (Å²) in [6.45, 7) is 2.20. The minimum atomic E-state index is -1.67. The van der Waals surface area contributed by atoms with Gasteiger partial charge < -0.3 is 0 Å². The van der Waals surface area contributed by atoms with Crippen LogP contribution in [-0.2, 0) is 0 Å². The number of allylic oxidation sites excluding steroid dienone is 1. The van der Waals surface area contributed by atoms with Crippen LogP contribution in [0.1, 0.15) is 94.1 Å². The monoisotopic (exact) mass is 368 g/mol. The van der Waals surface area contributed by atoms with Gasteiger partial charge in [0.2, 0.25) is 0 Å². The lowest BCUT2D eigenvalue weighted by atomic mass is 9.74. The van der Waals surface area contributed by atoms with Crippen molar-refractivity contribution in [1.29, 1.82) is 0 Å². The van der Waals surface area contributed by atoms with Crippen molar-refractivity contribution >= 4 is 0 Å². The first-order valence-corrected chi connectivity index (χ1v) is 10.0. The van der Waals surface area contributed by atoms with Gasteiger partial charge in [0.25, 0.3) is 6.08 Å². The van der Waals surface area contributed by atoms with Gasteiger partial charge in [-0.05, 0) is 73.0 Å². The molecule has 0 radical (unpaired) electrons. The Morgan fingerprint density at radius 3 is 2.00 bits per heavy atom. The molecular weight excluding hydrogens is 340 g/mol. The van der Waals surface area contributed by atoms with Crippen LogP contribution >= 0.6 is 0 Å². The van der Waals surface area contributed by atoms with Gasteiger partial charge in [-0.15, -0.1) is 0 Å². The fraction of sp³-hybridized carbons (Fsp3) is 0.636. The first kappa shape index (κ1) is 19.4. The van der Waals surface area contributed by atoms with Gasteiger partial charge in [0.1, 0.15) is 0 Å². The molecule has 0 unspecified atom stereocenters. The predicted molar refractivity (Wildman–Crippen MR) is 96.4 cm³/mol. The third-order valence-electron chi connectivity index (χ3n) is 6.34. The van der Waals surface area contributed by atoms with E-state index in [4.69, 9.17) is 0 Å². The molecule has 4 heteroatoms. The Bertz CT molecular complexity index is 644. The lowest BCUT2D eigenvalue weighted by molar-refractivity contribution is 0.297. The number of hydrogen-bond acceptors (Lipinski definition) is 0. The molecule has 0 bridgehead atoms. The first-order valence-electron chi connectivity index (χ1n) is 10.0. The molecule has 0 heterocycles. The van der Waals surface area contributed by atoms with Gasteiger partial charge >= 0.3 is 0 Å². The highest BCUT2D eigenvalue weighted by Crippen LogP contribution is 2.46. The maximum atomic E-state index is 14.6. The van der Waals surface area contributed by atoms with Gasteiger partial charge in [0.15, 0.2) is 11.6 Å². The second kappa shape index (κ2) is 8.58. The molecule has 144 valence electrons. The number of unbranched alkanes of at least 4 members (excludes halogenated alkanes) is 2. The van der Waals surface area contributed by atoms with Crippen LogP contribution in [0.2, 0.25) is 0 Å². The summed E-state index contributed by atoms with van der Waals surface area (Å²) in [4.78, 5) is 0. The maximum Gasteiger partial charge on any atom is 0.269 e. The van der Waals surface area contributed by atoms with E-state index in [2.05, 4.69) is 6.92 Å². The van der Waals surface area contributed by atoms with Crippen molar-refractivity contribution in [3.05, 3.63) is 46.5 Å². The Kier molecular flexibility index (Phi) is 6.42. The molecule has 0 atom stereocenters. The average Bonchev–Trinajstić information content (AvgIpc) is 2.58. The number of hydrogen-bond donors (Lipinski definition) is 0. The van der Waals surface area contributed by atoms with Gasteiger partial charge in [0.05, 0.1) is 0 Å². The molecule has 2 aliphatic carbocycles. The molecule has 2 aliphatic rings. The molecular formula is C22H28F4. The van der Waals surface area contributed by atoms with Crippen molar-refractivity contribution < 1.29 is 17.6 Å². The SMILES string of the molecule is CCCCCC1CCC(c2ccc(C3CC(=C(F)F)C3)c(F)c2F)CC1. The van der Waals surface area contributed by atoms with Gasteiger partial charge in [-0.25, -0.2) is 8.78 Å². The Hall–Kier alpha value is -1.32. The highest BCUT2D eigenvalue weighted by molar-refractivity contribution is 5.36. The molecule has 0 nitrogen and oxygen atoms in total. The zero-order chi connectivity index (χ0) is 18.7. The molecule has 3 rings (SSSR count). The molecule has 0 aromatic heterocycles. The van der Waals surface area contributed by atoms with Crippen LogP contribution in [0.5, 0.6) is 0 Å². The van der Waals surface area contributed by atoms with E-state index in [1.54, 1.807) is 12.1 Å². The first-order chi connectivity index (χ1) is 12.5. The Morgan fingerprint density at radius 2 is 1.46 bits per heavy atom. The van der Waals surface area contributed by atoms with E-state index in [1.807, 2.05) is 0 Å². The molecule has 0 saturated heterocycles. The summed E-state index contributed by atoms with van der Waals surface area (Å²) in [6, 6.07) is 3.32. The van der Waals surface area contributed by atoms with Crippen molar-refractivity contribution in [2.45, 2.75) is 83.0 Å². The van der Waals surface area contributed by atoms with E-state index in [1.165, 1.54) is 25.7 Å². The second-order valence-corrected chi connectivity index (χ2v) is 8.05. The van der Waals surface area contributed by atoms with Crippen LogP contribution in [0.4, 0.5) is 17.6 Å². The molecule has 1 aromatic carbocycles. The van der Waals surface area contributed by atoms with Crippen LogP contribution in [0.3, 0.4) is 0 Å². The van der Waals surface area contributed by atoms with Crippen molar-refractivity contribution in [2.75, 3.05) is 0 Å². The largest absolute Gasteiger partial charge is 0.269 e. The number of halogens is 4. The van der Waals surface area contributed by atoms with Gasteiger partial charge in [-0.1, -0.05) is 44.7 Å². The van der Waals surface area contributed by atoms with E-state index >= 15 is 0 Å². The number of benzene rings is 1. The standard InChI is InChI=1S/C22H28F4/c1-2-3-4-5-14-6-8-15(9-7-14)18-10-11-19(21(24)20(18)23)16-12-17(13-16)22(25)26/h10-11,14-16H,2-9,12-13H2,1H3. The summed E-state index contributed by atoms with van der Waals surface area (Å²) >= 11 is 0. The Labute approximate surface area is 153 Å². The van der Waals surface area contributed by atoms with E-state index < -0.39 is 17.7 Å². The number of rotatable bonds is 6. The molecule has 0 amide bonds. The van der Waals surface area contributed by atoms with E-state index in [9.17, 15) is 17.6 Å². The molecule has 0 N–H and O–H groups in total. The maximum absolute atomic E-state index is 14.6. The summed E-state index contributed by atoms with van der Waals surface area (Å²) in [6.07, 6.45) is 7.61. The van der Waals surface area contributed by atoms with Crippen molar-refractivity contribution in [3.8, 4) is 0 Å². The van der Waals surface area contributed by atoms with Crippen LogP contribution in [-0.4, -0.2) is 0 Å². The third-order valence-corrected chi connectivity index (χ3v) is 6.34. The Morgan fingerprint density at radius 1 is 0.885 bits per heavy atom. The summed E-state index contributed by atoms with van der Waals surface area (Å²) < 4.78 is 54.1. The zero-order valence-electron chi connectivity index (χ0n) is 15.5. The zero-order valence-corrected chi connectivity index (χ0v) is 15.5. The Balaban J connectivity index is 1.62. The van der Waals surface area contributed by atoms with Crippen molar-refractivity contribution in [2.24, 2.45) is 5.92 Å². The smallest absolute Gasteiger partial charge is 0.203 e. The van der Waals surface area contributed by atoms with Crippen LogP contribution in [0.25, 0.3) is 0 Å². The molecule has 2 fully saturated rings. The van der Waals surface area contributed by atoms with Crippen LogP contribution < -0.4 is 0 Å². The molecule has 0 aliphatic heterocycles. The molecule has 26 heavy (non-hydrogen) atoms. The highest BCUT2D eigenvalue weighted by Gasteiger charge is 2.33. The minimum Gasteiger partial charge on any atom is -0.203 e. The van der Waals surface area contributed by atoms with Gasteiger partial charge in [-0.2, -0.15) is 8.78 Å². The van der Waals surface area contributed by atoms with Gasteiger partial charge in [-0.3, -0.25) is 0 Å². The fourth-order valence-corrected chi connectivity index (χ4v) is 4.56. The quantitative estimate of drug-likeness (QED) is 0.354.